The van der Waals surface area contributed by atoms with Gasteiger partial charge in [0.1, 0.15) is 33.4 Å². The Balaban J connectivity index is 2.20. The van der Waals surface area contributed by atoms with Crippen LogP contribution in [0.1, 0.15) is 54.0 Å². The van der Waals surface area contributed by atoms with Crippen LogP contribution in [-0.4, -0.2) is 72.0 Å². The molecule has 0 bridgehead atoms. The van der Waals surface area contributed by atoms with Crippen LogP contribution < -0.4 is 15.6 Å². The number of benzene rings is 1. The second-order valence-electron chi connectivity index (χ2n) is 10.5. The van der Waals surface area contributed by atoms with Crippen LogP contribution in [0.4, 0.5) is 24.5 Å². The van der Waals surface area contributed by atoms with Gasteiger partial charge in [0.05, 0.1) is 25.9 Å². The zero-order valence-corrected chi connectivity index (χ0v) is 24.1. The highest BCUT2D eigenvalue weighted by atomic mass is 32.2. The molecule has 1 saturated heterocycles. The number of rotatable bonds is 7. The number of anilines is 1. The van der Waals surface area contributed by atoms with Gasteiger partial charge in [0, 0.05) is 5.56 Å². The highest BCUT2D eigenvalue weighted by Crippen LogP contribution is 2.28. The van der Waals surface area contributed by atoms with Crippen molar-refractivity contribution in [1.82, 2.24) is 10.7 Å². The summed E-state index contributed by atoms with van der Waals surface area (Å²) in [6.07, 6.45) is -2.92. The summed E-state index contributed by atoms with van der Waals surface area (Å²) in [5.41, 5.74) is 0.900. The van der Waals surface area contributed by atoms with E-state index in [2.05, 4.69) is 15.8 Å². The summed E-state index contributed by atoms with van der Waals surface area (Å²) in [7, 11) is 1.22. The maximum Gasteiger partial charge on any atom is 0.428 e. The number of methoxy groups -OCH3 is 1. The van der Waals surface area contributed by atoms with Gasteiger partial charge in [-0.1, -0.05) is 11.8 Å². The molecule has 1 fully saturated rings. The van der Waals surface area contributed by atoms with E-state index in [9.17, 15) is 19.2 Å². The molecule has 1 aromatic rings. The van der Waals surface area contributed by atoms with Crippen molar-refractivity contribution >= 4 is 46.7 Å². The number of esters is 1. The van der Waals surface area contributed by atoms with E-state index in [4.69, 9.17) is 18.9 Å². The molecule has 1 unspecified atom stereocenters. The summed E-state index contributed by atoms with van der Waals surface area (Å²) in [6, 6.07) is 3.93. The SMILES string of the molecule is COC(=O)C(C)SC(=NNC(=O)OC(C)(C)C)c1ccc(N2C[C@H](CNC(=O)OC(C)(C)C)OC2=O)cc1F. The minimum absolute atomic E-state index is 0.00686. The van der Waals surface area contributed by atoms with Crippen molar-refractivity contribution < 1.29 is 42.5 Å². The highest BCUT2D eigenvalue weighted by Gasteiger charge is 2.33. The van der Waals surface area contributed by atoms with Crippen LogP contribution in [0.25, 0.3) is 0 Å². The van der Waals surface area contributed by atoms with E-state index in [0.717, 1.165) is 17.8 Å². The van der Waals surface area contributed by atoms with Crippen LogP contribution in [0, 0.1) is 5.82 Å². The molecule has 0 aliphatic carbocycles. The maximum atomic E-state index is 15.3. The van der Waals surface area contributed by atoms with Crippen molar-refractivity contribution in [2.45, 2.75) is 71.0 Å². The average Bonchev–Trinajstić information content (AvgIpc) is 3.18. The van der Waals surface area contributed by atoms with Crippen molar-refractivity contribution in [3.8, 4) is 0 Å². The zero-order valence-electron chi connectivity index (χ0n) is 23.2. The number of alkyl carbamates (subject to hydrolysis) is 1. The lowest BCUT2D eigenvalue weighted by molar-refractivity contribution is -0.139. The molecule has 0 spiro atoms. The summed E-state index contributed by atoms with van der Waals surface area (Å²) < 4.78 is 35.6. The fourth-order valence-electron chi connectivity index (χ4n) is 3.12. The predicted octanol–water partition coefficient (Wildman–Crippen LogP) is 4.16. The Kier molecular flexibility index (Phi) is 10.6. The molecule has 0 aromatic heterocycles. The average molecular weight is 571 g/mol. The number of nitrogens with one attached hydrogen (secondary N) is 2. The Hall–Kier alpha value is -3.55. The van der Waals surface area contributed by atoms with Gasteiger partial charge in [0.15, 0.2) is 0 Å². The highest BCUT2D eigenvalue weighted by molar-refractivity contribution is 8.15. The molecule has 1 aliphatic rings. The fraction of sp³-hybridized carbons (Fsp3) is 0.560. The summed E-state index contributed by atoms with van der Waals surface area (Å²) >= 11 is 0.865. The molecule has 3 amide bonds. The van der Waals surface area contributed by atoms with Gasteiger partial charge in [0.25, 0.3) is 0 Å². The number of thioether (sulfide) groups is 1. The molecule has 14 heteroatoms. The third-order valence-electron chi connectivity index (χ3n) is 4.71. The van der Waals surface area contributed by atoms with Gasteiger partial charge in [-0.25, -0.2) is 24.2 Å². The Morgan fingerprint density at radius 3 is 2.33 bits per heavy atom. The third-order valence-corrected chi connectivity index (χ3v) is 5.79. The standard InChI is InChI=1S/C25H35FN4O8S/c1-14(20(31)35-8)39-19(28-29-22(33)38-25(5,6)7)17-10-9-15(11-18(17)26)30-13-16(36-23(30)34)12-27-21(32)37-24(2,3)4/h9-11,14,16H,12-13H2,1-8H3,(H,27,32)(H,29,33)/t14?,16-/m0/s1. The first-order valence-corrected chi connectivity index (χ1v) is 12.9. The molecule has 216 valence electrons. The summed E-state index contributed by atoms with van der Waals surface area (Å²) in [5, 5.41) is 5.70. The van der Waals surface area contributed by atoms with E-state index in [1.807, 2.05) is 0 Å². The van der Waals surface area contributed by atoms with Crippen LogP contribution in [0.5, 0.6) is 0 Å². The number of carbonyl (C=O) groups is 4. The maximum absolute atomic E-state index is 15.3. The lowest BCUT2D eigenvalue weighted by Crippen LogP contribution is -2.38. The predicted molar refractivity (Wildman–Crippen MR) is 143 cm³/mol. The van der Waals surface area contributed by atoms with Crippen LogP contribution >= 0.6 is 11.8 Å². The fourth-order valence-corrected chi connectivity index (χ4v) is 4.04. The van der Waals surface area contributed by atoms with Crippen molar-refractivity contribution in [3.05, 3.63) is 29.6 Å². The number of ether oxygens (including phenoxy) is 4. The zero-order chi connectivity index (χ0) is 29.5. The first-order valence-electron chi connectivity index (χ1n) is 12.0. The number of carbonyl (C=O) groups excluding carboxylic acids is 4. The van der Waals surface area contributed by atoms with E-state index in [0.29, 0.717) is 0 Å². The third kappa shape index (κ3) is 10.3. The van der Waals surface area contributed by atoms with Crippen LogP contribution in [0.3, 0.4) is 0 Å². The minimum Gasteiger partial charge on any atom is -0.468 e. The monoisotopic (exact) mass is 570 g/mol. The Labute approximate surface area is 230 Å². The molecule has 0 saturated carbocycles. The van der Waals surface area contributed by atoms with E-state index < -0.39 is 52.6 Å². The molecular weight excluding hydrogens is 535 g/mol. The molecule has 0 radical (unpaired) electrons. The van der Waals surface area contributed by atoms with Gasteiger partial charge >= 0.3 is 24.2 Å². The molecule has 12 nitrogen and oxygen atoms in total. The smallest absolute Gasteiger partial charge is 0.428 e. The van der Waals surface area contributed by atoms with Gasteiger partial charge in [-0.3, -0.25) is 9.69 Å². The number of nitrogens with zero attached hydrogens (tertiary/aromatic N) is 2. The van der Waals surface area contributed by atoms with Gasteiger partial charge in [-0.15, -0.1) is 0 Å². The lowest BCUT2D eigenvalue weighted by atomic mass is 10.2. The van der Waals surface area contributed by atoms with Crippen LogP contribution in [-0.2, 0) is 23.7 Å². The van der Waals surface area contributed by atoms with Crippen molar-refractivity contribution in [2.75, 3.05) is 25.1 Å². The van der Waals surface area contributed by atoms with Gasteiger partial charge < -0.3 is 24.3 Å². The largest absolute Gasteiger partial charge is 0.468 e. The Bertz CT molecular complexity index is 1120. The van der Waals surface area contributed by atoms with Crippen LogP contribution in [0.15, 0.2) is 23.3 Å². The number of cyclic esters (lactones) is 1. The van der Waals surface area contributed by atoms with E-state index in [1.54, 1.807) is 41.5 Å². The van der Waals surface area contributed by atoms with E-state index in [1.165, 1.54) is 31.1 Å². The molecule has 2 N–H and O–H groups in total. The minimum atomic E-state index is -0.866. The Morgan fingerprint density at radius 2 is 1.77 bits per heavy atom. The number of halogens is 1. The summed E-state index contributed by atoms with van der Waals surface area (Å²) in [5.74, 6) is -1.35. The summed E-state index contributed by atoms with van der Waals surface area (Å²) in [6.45, 7) is 11.8. The van der Waals surface area contributed by atoms with Gasteiger partial charge in [-0.05, 0) is 66.7 Å². The second-order valence-corrected chi connectivity index (χ2v) is 11.8. The number of amides is 3. The molecule has 1 aliphatic heterocycles. The van der Waals surface area contributed by atoms with Crippen LogP contribution in [0.2, 0.25) is 0 Å². The lowest BCUT2D eigenvalue weighted by Gasteiger charge is -2.20. The Morgan fingerprint density at radius 1 is 1.15 bits per heavy atom. The van der Waals surface area contributed by atoms with Gasteiger partial charge in [-0.2, -0.15) is 5.10 Å². The molecular formula is C25H35FN4O8S. The molecule has 1 heterocycles. The van der Waals surface area contributed by atoms with Crippen molar-refractivity contribution in [3.63, 3.8) is 0 Å². The van der Waals surface area contributed by atoms with Gasteiger partial charge in [0.2, 0.25) is 0 Å². The summed E-state index contributed by atoms with van der Waals surface area (Å²) in [4.78, 5) is 49.6. The van der Waals surface area contributed by atoms with Crippen molar-refractivity contribution in [1.29, 1.82) is 0 Å². The number of hydrogen-bond acceptors (Lipinski definition) is 10. The normalized spacial score (nSPS) is 16.7. The molecule has 39 heavy (non-hydrogen) atoms. The first-order chi connectivity index (χ1) is 18.0. The van der Waals surface area contributed by atoms with E-state index in [-0.39, 0.29) is 29.4 Å². The van der Waals surface area contributed by atoms with Crippen molar-refractivity contribution in [2.24, 2.45) is 5.10 Å². The first kappa shape index (κ1) is 31.7. The number of hydrogen-bond donors (Lipinski definition) is 2. The second kappa shape index (κ2) is 13.0. The molecule has 2 atom stereocenters. The topological polar surface area (TPSA) is 145 Å². The number of hydrazone groups is 1. The molecule has 2 rings (SSSR count). The van der Waals surface area contributed by atoms with E-state index >= 15 is 4.39 Å². The molecule has 1 aromatic carbocycles. The quantitative estimate of drug-likeness (QED) is 0.162.